The zero-order chi connectivity index (χ0) is 19.5. The van der Waals surface area contributed by atoms with Crippen LogP contribution in [0.3, 0.4) is 0 Å². The predicted octanol–water partition coefficient (Wildman–Crippen LogP) is -0.814. The Balaban J connectivity index is 4.12. The lowest BCUT2D eigenvalue weighted by atomic mass is 9.91. The van der Waals surface area contributed by atoms with Crippen LogP contribution in [-0.4, -0.2) is 79.0 Å². The van der Waals surface area contributed by atoms with Crippen LogP contribution in [0.15, 0.2) is 0 Å². The summed E-state index contributed by atoms with van der Waals surface area (Å²) in [7, 11) is 1.35. The molecule has 5 N–H and O–H groups in total. The Morgan fingerprint density at radius 3 is 2.20 bits per heavy atom. The first-order valence-corrected chi connectivity index (χ1v) is 8.90. The van der Waals surface area contributed by atoms with Crippen molar-refractivity contribution in [2.45, 2.75) is 64.4 Å². The summed E-state index contributed by atoms with van der Waals surface area (Å²) in [5.74, 6) is -1.50. The van der Waals surface area contributed by atoms with E-state index in [0.717, 1.165) is 19.5 Å². The molecule has 0 bridgehead atoms. The van der Waals surface area contributed by atoms with Crippen molar-refractivity contribution in [2.24, 2.45) is 0 Å². The maximum Gasteiger partial charge on any atom is 0.252 e. The van der Waals surface area contributed by atoms with Crippen molar-refractivity contribution >= 4 is 11.7 Å². The van der Waals surface area contributed by atoms with E-state index < -0.39 is 29.5 Å². The summed E-state index contributed by atoms with van der Waals surface area (Å²) in [6.07, 6.45) is -2.25. The Morgan fingerprint density at radius 1 is 1.08 bits per heavy atom. The predicted molar refractivity (Wildman–Crippen MR) is 96.4 cm³/mol. The van der Waals surface area contributed by atoms with Gasteiger partial charge in [-0.15, -0.1) is 0 Å². The van der Waals surface area contributed by atoms with Gasteiger partial charge in [0.05, 0.1) is 0 Å². The van der Waals surface area contributed by atoms with E-state index in [1.165, 1.54) is 14.0 Å². The second-order valence-corrected chi connectivity index (χ2v) is 6.35. The standard InChI is InChI=1S/C17H35N3O5/c1-6-12(3)19-10-8-18-9-11-20-16(24)14(22)13(21)15(23)17(4,7-2)25-5/h12-14,18-19,21-22H,6-11H2,1-5H3,(H,20,24)/t12?,13-,14-,17?/m1/s1. The Morgan fingerprint density at radius 2 is 1.68 bits per heavy atom. The zero-order valence-corrected chi connectivity index (χ0v) is 16.1. The topological polar surface area (TPSA) is 120 Å². The van der Waals surface area contributed by atoms with Gasteiger partial charge in [-0.25, -0.2) is 0 Å². The van der Waals surface area contributed by atoms with E-state index in [0.29, 0.717) is 19.0 Å². The summed E-state index contributed by atoms with van der Waals surface area (Å²) in [4.78, 5) is 24.0. The van der Waals surface area contributed by atoms with E-state index in [2.05, 4.69) is 29.8 Å². The molecule has 0 heterocycles. The SMILES string of the molecule is CCC(C)NCCNCCNC(=O)[C@H](O)[C@@H](O)C(=O)C(C)(CC)OC. The minimum absolute atomic E-state index is 0.287. The highest BCUT2D eigenvalue weighted by atomic mass is 16.5. The van der Waals surface area contributed by atoms with Gasteiger partial charge in [0.15, 0.2) is 18.0 Å². The number of carbonyl (C=O) groups excluding carboxylic acids is 2. The summed E-state index contributed by atoms with van der Waals surface area (Å²) < 4.78 is 5.09. The lowest BCUT2D eigenvalue weighted by Gasteiger charge is -2.28. The van der Waals surface area contributed by atoms with Crippen LogP contribution in [0.4, 0.5) is 0 Å². The highest BCUT2D eigenvalue weighted by Gasteiger charge is 2.41. The number of nitrogens with one attached hydrogen (secondary N) is 3. The lowest BCUT2D eigenvalue weighted by molar-refractivity contribution is -0.158. The number of ketones is 1. The summed E-state index contributed by atoms with van der Waals surface area (Å²) in [5, 5.41) is 28.8. The van der Waals surface area contributed by atoms with E-state index in [4.69, 9.17) is 4.74 Å². The molecule has 0 saturated carbocycles. The normalized spacial score (nSPS) is 17.4. The molecular weight excluding hydrogens is 326 g/mol. The number of hydrogen-bond acceptors (Lipinski definition) is 7. The van der Waals surface area contributed by atoms with Gasteiger partial charge < -0.3 is 30.9 Å². The van der Waals surface area contributed by atoms with Gasteiger partial charge in [0.1, 0.15) is 5.60 Å². The minimum atomic E-state index is -1.82. The molecule has 0 rings (SSSR count). The molecule has 0 spiro atoms. The molecule has 8 heteroatoms. The van der Waals surface area contributed by atoms with Crippen molar-refractivity contribution in [3.05, 3.63) is 0 Å². The largest absolute Gasteiger partial charge is 0.382 e. The van der Waals surface area contributed by atoms with E-state index in [1.54, 1.807) is 6.92 Å². The summed E-state index contributed by atoms with van der Waals surface area (Å²) in [6.45, 7) is 9.86. The minimum Gasteiger partial charge on any atom is -0.382 e. The van der Waals surface area contributed by atoms with Crippen molar-refractivity contribution < 1.29 is 24.5 Å². The zero-order valence-electron chi connectivity index (χ0n) is 16.1. The molecule has 0 aliphatic rings. The van der Waals surface area contributed by atoms with E-state index in [1.807, 2.05) is 0 Å². The van der Waals surface area contributed by atoms with E-state index in [-0.39, 0.29) is 6.54 Å². The fourth-order valence-electron chi connectivity index (χ4n) is 2.07. The van der Waals surface area contributed by atoms with Gasteiger partial charge in [-0.3, -0.25) is 9.59 Å². The van der Waals surface area contributed by atoms with Crippen molar-refractivity contribution in [1.29, 1.82) is 0 Å². The highest BCUT2D eigenvalue weighted by Crippen LogP contribution is 2.18. The Labute approximate surface area is 150 Å². The molecule has 25 heavy (non-hydrogen) atoms. The number of ether oxygens (including phenoxy) is 1. The molecule has 0 aromatic rings. The van der Waals surface area contributed by atoms with E-state index >= 15 is 0 Å². The third kappa shape index (κ3) is 8.24. The molecule has 148 valence electrons. The van der Waals surface area contributed by atoms with Gasteiger partial charge in [-0.2, -0.15) is 0 Å². The average molecular weight is 361 g/mol. The smallest absolute Gasteiger partial charge is 0.252 e. The van der Waals surface area contributed by atoms with Crippen molar-refractivity contribution in [3.63, 3.8) is 0 Å². The van der Waals surface area contributed by atoms with Crippen molar-refractivity contribution in [1.82, 2.24) is 16.0 Å². The maximum atomic E-state index is 12.2. The number of aliphatic hydroxyl groups excluding tert-OH is 2. The quantitative estimate of drug-likeness (QED) is 0.257. The van der Waals surface area contributed by atoms with Gasteiger partial charge in [0.25, 0.3) is 5.91 Å². The third-order valence-electron chi connectivity index (χ3n) is 4.49. The van der Waals surface area contributed by atoms with Crippen molar-refractivity contribution in [2.75, 3.05) is 33.3 Å². The van der Waals surface area contributed by atoms with E-state index in [9.17, 15) is 19.8 Å². The molecule has 0 saturated heterocycles. The Kier molecular flexibility index (Phi) is 11.8. The molecule has 2 unspecified atom stereocenters. The lowest BCUT2D eigenvalue weighted by Crippen LogP contribution is -2.53. The van der Waals surface area contributed by atoms with Gasteiger partial charge in [-0.05, 0) is 26.7 Å². The van der Waals surface area contributed by atoms with Crippen LogP contribution in [0.25, 0.3) is 0 Å². The molecule has 8 nitrogen and oxygen atoms in total. The molecule has 0 fully saturated rings. The second kappa shape index (κ2) is 12.3. The second-order valence-electron chi connectivity index (χ2n) is 6.35. The first-order chi connectivity index (χ1) is 11.7. The van der Waals surface area contributed by atoms with Crippen LogP contribution >= 0.6 is 0 Å². The van der Waals surface area contributed by atoms with Gasteiger partial charge >= 0.3 is 0 Å². The number of rotatable bonds is 14. The van der Waals surface area contributed by atoms with Gasteiger partial charge in [0.2, 0.25) is 0 Å². The van der Waals surface area contributed by atoms with Crippen LogP contribution in [0, 0.1) is 0 Å². The Hall–Kier alpha value is -1.06. The molecule has 4 atom stereocenters. The molecule has 0 aromatic carbocycles. The Bertz CT molecular complexity index is 402. The van der Waals surface area contributed by atoms with Crippen LogP contribution in [0.1, 0.15) is 40.5 Å². The maximum absolute atomic E-state index is 12.2. The highest BCUT2D eigenvalue weighted by molar-refractivity contribution is 5.96. The number of carbonyl (C=O) groups is 2. The van der Waals surface area contributed by atoms with Gasteiger partial charge in [-0.1, -0.05) is 13.8 Å². The number of aliphatic hydroxyl groups is 2. The summed E-state index contributed by atoms with van der Waals surface area (Å²) in [6, 6.07) is 0.469. The first-order valence-electron chi connectivity index (χ1n) is 8.90. The third-order valence-corrected chi connectivity index (χ3v) is 4.49. The molecule has 0 aromatic heterocycles. The van der Waals surface area contributed by atoms with Gasteiger partial charge in [0, 0.05) is 39.3 Å². The number of hydrogen-bond donors (Lipinski definition) is 5. The molecule has 0 radical (unpaired) electrons. The molecule has 0 aliphatic heterocycles. The van der Waals surface area contributed by atoms with Crippen LogP contribution in [0.2, 0.25) is 0 Å². The summed E-state index contributed by atoms with van der Waals surface area (Å²) in [5.41, 5.74) is -1.23. The van der Waals surface area contributed by atoms with Crippen LogP contribution < -0.4 is 16.0 Å². The number of amides is 1. The number of methoxy groups -OCH3 is 1. The summed E-state index contributed by atoms with van der Waals surface area (Å²) >= 11 is 0. The molecular formula is C17H35N3O5. The van der Waals surface area contributed by atoms with Crippen molar-refractivity contribution in [3.8, 4) is 0 Å². The van der Waals surface area contributed by atoms with Crippen LogP contribution in [0.5, 0.6) is 0 Å². The fourth-order valence-corrected chi connectivity index (χ4v) is 2.07. The monoisotopic (exact) mass is 361 g/mol. The fraction of sp³-hybridized carbons (Fsp3) is 0.882. The molecule has 1 amide bonds. The average Bonchev–Trinajstić information content (AvgIpc) is 2.63. The van der Waals surface area contributed by atoms with Crippen LogP contribution in [-0.2, 0) is 14.3 Å². The first kappa shape index (κ1) is 23.9. The number of Topliss-reactive ketones (excluding diaryl/α,β-unsaturated/α-hetero) is 1. The molecule has 0 aliphatic carbocycles.